The number of hydrogen-bond acceptors (Lipinski definition) is 4. The highest BCUT2D eigenvalue weighted by molar-refractivity contribution is 9.10. The highest BCUT2D eigenvalue weighted by atomic mass is 79.9. The van der Waals surface area contributed by atoms with E-state index >= 15 is 0 Å². The first kappa shape index (κ1) is 18.7. The molecule has 0 aromatic heterocycles. The first-order valence-corrected chi connectivity index (χ1v) is 7.59. The Bertz CT molecular complexity index is 525. The van der Waals surface area contributed by atoms with Crippen molar-refractivity contribution in [3.05, 3.63) is 22.7 Å². The van der Waals surface area contributed by atoms with Gasteiger partial charge >= 0.3 is 0 Å². The van der Waals surface area contributed by atoms with Crippen molar-refractivity contribution < 1.29 is 13.2 Å². The molecule has 2 N–H and O–H groups in total. The van der Waals surface area contributed by atoms with Gasteiger partial charge in [-0.05, 0) is 41.1 Å². The van der Waals surface area contributed by atoms with Gasteiger partial charge in [-0.1, -0.05) is 0 Å². The van der Waals surface area contributed by atoms with Crippen molar-refractivity contribution in [2.45, 2.75) is 17.9 Å². The number of methoxy groups -OCH3 is 1. The summed E-state index contributed by atoms with van der Waals surface area (Å²) in [5, 5.41) is 0. The molecule has 0 aliphatic heterocycles. The van der Waals surface area contributed by atoms with Gasteiger partial charge in [0.2, 0.25) is 10.0 Å². The molecule has 0 heterocycles. The van der Waals surface area contributed by atoms with Crippen molar-refractivity contribution in [3.8, 4) is 5.75 Å². The lowest BCUT2D eigenvalue weighted by Crippen LogP contribution is -2.39. The Balaban J connectivity index is 0.00000324. The smallest absolute Gasteiger partial charge is 0.244 e. The average Bonchev–Trinajstić information content (AvgIpc) is 2.36. The minimum atomic E-state index is -3.56. The molecule has 1 aromatic rings. The molecule has 1 unspecified atom stereocenters. The summed E-state index contributed by atoms with van der Waals surface area (Å²) in [6.45, 7) is 2.03. The van der Waals surface area contributed by atoms with Crippen LogP contribution < -0.4 is 10.5 Å². The molecule has 0 amide bonds. The maximum Gasteiger partial charge on any atom is 0.244 e. The van der Waals surface area contributed by atoms with Crippen LogP contribution in [0.3, 0.4) is 0 Å². The molecule has 1 aromatic carbocycles. The second kappa shape index (κ2) is 7.44. The van der Waals surface area contributed by atoms with Gasteiger partial charge in [-0.15, -0.1) is 12.4 Å². The molecule has 0 aliphatic rings. The third kappa shape index (κ3) is 4.06. The largest absolute Gasteiger partial charge is 0.497 e. The quantitative estimate of drug-likeness (QED) is 0.855. The molecule has 0 saturated carbocycles. The summed E-state index contributed by atoms with van der Waals surface area (Å²) in [7, 11) is -0.511. The summed E-state index contributed by atoms with van der Waals surface area (Å²) in [5.74, 6) is 0.593. The molecule has 1 atom stereocenters. The summed E-state index contributed by atoms with van der Waals surface area (Å²) < 4.78 is 31.5. The fraction of sp³-hybridized carbons (Fsp3) is 0.455. The van der Waals surface area contributed by atoms with Crippen LogP contribution in [0.2, 0.25) is 0 Å². The van der Waals surface area contributed by atoms with E-state index < -0.39 is 10.0 Å². The highest BCUT2D eigenvalue weighted by Gasteiger charge is 2.26. The molecule has 5 nitrogen and oxygen atoms in total. The summed E-state index contributed by atoms with van der Waals surface area (Å²) in [6, 6.07) is 4.48. The zero-order chi connectivity index (χ0) is 13.9. The molecule has 0 saturated heterocycles. The van der Waals surface area contributed by atoms with E-state index in [0.717, 1.165) is 0 Å². The third-order valence-electron chi connectivity index (χ3n) is 2.76. The first-order chi connectivity index (χ1) is 8.34. The van der Waals surface area contributed by atoms with Gasteiger partial charge in [0.25, 0.3) is 0 Å². The third-order valence-corrected chi connectivity index (χ3v) is 5.71. The Morgan fingerprint density at radius 2 is 2.05 bits per heavy atom. The second-order valence-electron chi connectivity index (χ2n) is 3.90. The van der Waals surface area contributed by atoms with Crippen molar-refractivity contribution in [1.29, 1.82) is 0 Å². The Hall–Kier alpha value is -0.340. The number of benzene rings is 1. The molecule has 0 aliphatic carbocycles. The van der Waals surface area contributed by atoms with Crippen LogP contribution in [0, 0.1) is 0 Å². The van der Waals surface area contributed by atoms with E-state index in [1.165, 1.54) is 24.5 Å². The Morgan fingerprint density at radius 3 is 2.47 bits per heavy atom. The number of hydrogen-bond donors (Lipinski definition) is 1. The lowest BCUT2D eigenvalue weighted by atomic mass is 10.3. The Morgan fingerprint density at radius 1 is 1.47 bits per heavy atom. The summed E-state index contributed by atoms with van der Waals surface area (Å²) in [4.78, 5) is 0.200. The molecule has 0 bridgehead atoms. The zero-order valence-corrected chi connectivity index (χ0v) is 14.2. The standard InChI is InChI=1S/C11H17BrN2O3S.ClH/c1-8(7-13)14(2)18(15,16)11-5-4-9(17-3)6-10(11)12;/h4-6,8H,7,13H2,1-3H3;1H. The number of likely N-dealkylation sites (N-methyl/N-ethyl adjacent to an activating group) is 1. The minimum Gasteiger partial charge on any atom is -0.497 e. The number of rotatable bonds is 5. The van der Waals surface area contributed by atoms with E-state index in [1.54, 1.807) is 19.1 Å². The molecule has 0 radical (unpaired) electrons. The SMILES string of the molecule is COc1ccc(S(=O)(=O)N(C)C(C)CN)c(Br)c1.Cl. The van der Waals surface area contributed by atoms with Gasteiger partial charge in [0, 0.05) is 24.1 Å². The molecular formula is C11H18BrClN2O3S. The second-order valence-corrected chi connectivity index (χ2v) is 6.72. The van der Waals surface area contributed by atoms with Crippen molar-refractivity contribution >= 4 is 38.4 Å². The minimum absolute atomic E-state index is 0. The maximum absolute atomic E-state index is 12.4. The van der Waals surface area contributed by atoms with Gasteiger partial charge in [0.15, 0.2) is 0 Å². The van der Waals surface area contributed by atoms with E-state index in [1.807, 2.05) is 0 Å². The highest BCUT2D eigenvalue weighted by Crippen LogP contribution is 2.28. The van der Waals surface area contributed by atoms with E-state index in [0.29, 0.717) is 10.2 Å². The lowest BCUT2D eigenvalue weighted by molar-refractivity contribution is 0.393. The molecule has 0 fully saturated rings. The Labute approximate surface area is 128 Å². The van der Waals surface area contributed by atoms with Crippen molar-refractivity contribution in [3.63, 3.8) is 0 Å². The molecule has 1 rings (SSSR count). The van der Waals surface area contributed by atoms with E-state index in [9.17, 15) is 8.42 Å². The predicted molar refractivity (Wildman–Crippen MR) is 81.4 cm³/mol. The number of halogens is 2. The molecule has 19 heavy (non-hydrogen) atoms. The number of nitrogens with two attached hydrogens (primary N) is 1. The Kier molecular flexibility index (Phi) is 7.31. The van der Waals surface area contributed by atoms with Crippen LogP contribution in [0.1, 0.15) is 6.92 Å². The van der Waals surface area contributed by atoms with Crippen LogP contribution in [0.25, 0.3) is 0 Å². The van der Waals surface area contributed by atoms with Gasteiger partial charge in [-0.3, -0.25) is 0 Å². The van der Waals surface area contributed by atoms with E-state index in [2.05, 4.69) is 15.9 Å². The maximum atomic E-state index is 12.4. The van der Waals surface area contributed by atoms with Gasteiger partial charge in [-0.2, -0.15) is 4.31 Å². The van der Waals surface area contributed by atoms with Crippen LogP contribution in [0.4, 0.5) is 0 Å². The number of ether oxygens (including phenoxy) is 1. The van der Waals surface area contributed by atoms with Crippen LogP contribution in [0.5, 0.6) is 5.75 Å². The van der Waals surface area contributed by atoms with E-state index in [-0.39, 0.29) is 29.9 Å². The van der Waals surface area contributed by atoms with Gasteiger partial charge in [0.05, 0.1) is 12.0 Å². The zero-order valence-electron chi connectivity index (χ0n) is 11.0. The van der Waals surface area contributed by atoms with Gasteiger partial charge < -0.3 is 10.5 Å². The van der Waals surface area contributed by atoms with Crippen LogP contribution in [-0.2, 0) is 10.0 Å². The lowest BCUT2D eigenvalue weighted by Gasteiger charge is -2.23. The number of sulfonamides is 1. The van der Waals surface area contributed by atoms with Crippen molar-refractivity contribution in [2.24, 2.45) is 5.73 Å². The topological polar surface area (TPSA) is 72.6 Å². The predicted octanol–water partition coefficient (Wildman–Crippen LogP) is 1.85. The van der Waals surface area contributed by atoms with Crippen LogP contribution >= 0.6 is 28.3 Å². The summed E-state index contributed by atoms with van der Waals surface area (Å²) in [6.07, 6.45) is 0. The molecule has 0 spiro atoms. The molecule has 110 valence electrons. The molecular weight excluding hydrogens is 356 g/mol. The first-order valence-electron chi connectivity index (χ1n) is 5.36. The summed E-state index contributed by atoms with van der Waals surface area (Å²) in [5.41, 5.74) is 5.49. The number of nitrogens with zero attached hydrogens (tertiary/aromatic N) is 1. The fourth-order valence-corrected chi connectivity index (χ4v) is 3.75. The van der Waals surface area contributed by atoms with Crippen LogP contribution in [-0.4, -0.2) is 39.5 Å². The monoisotopic (exact) mass is 372 g/mol. The normalized spacial score (nSPS) is 12.9. The van der Waals surface area contributed by atoms with E-state index in [4.69, 9.17) is 10.5 Å². The fourth-order valence-electron chi connectivity index (χ4n) is 1.36. The van der Waals surface area contributed by atoms with Gasteiger partial charge in [-0.25, -0.2) is 8.42 Å². The van der Waals surface area contributed by atoms with Gasteiger partial charge in [0.1, 0.15) is 5.75 Å². The van der Waals surface area contributed by atoms with Crippen molar-refractivity contribution in [2.75, 3.05) is 20.7 Å². The summed E-state index contributed by atoms with van der Waals surface area (Å²) >= 11 is 3.25. The van der Waals surface area contributed by atoms with Crippen molar-refractivity contribution in [1.82, 2.24) is 4.31 Å². The molecule has 8 heteroatoms. The average molecular weight is 374 g/mol. The van der Waals surface area contributed by atoms with Crippen LogP contribution in [0.15, 0.2) is 27.6 Å².